The van der Waals surface area contributed by atoms with E-state index in [1.54, 1.807) is 19.1 Å². The van der Waals surface area contributed by atoms with Crippen LogP contribution in [0.25, 0.3) is 6.08 Å². The van der Waals surface area contributed by atoms with Gasteiger partial charge >= 0.3 is 5.97 Å². The van der Waals surface area contributed by atoms with Gasteiger partial charge in [0, 0.05) is 6.08 Å². The summed E-state index contributed by atoms with van der Waals surface area (Å²) in [6.45, 7) is 3.21. The Bertz CT molecular complexity index is 786. The molecular weight excluding hydrogens is 316 g/mol. The van der Waals surface area contributed by atoms with Crippen LogP contribution in [0, 0.1) is 6.92 Å². The van der Waals surface area contributed by atoms with E-state index < -0.39 is 17.8 Å². The smallest absolute Gasteiger partial charge is 0.342 e. The summed E-state index contributed by atoms with van der Waals surface area (Å²) in [5.41, 5.74) is 4.97. The molecule has 0 spiro atoms. The average molecular weight is 332 g/mol. The fourth-order valence-electron chi connectivity index (χ4n) is 2.01. The number of carbonyl (C=O) groups is 3. The van der Waals surface area contributed by atoms with Gasteiger partial charge in [-0.25, -0.2) is 4.79 Å². The number of rotatable bonds is 6. The van der Waals surface area contributed by atoms with Gasteiger partial charge in [0.15, 0.2) is 0 Å². The molecule has 8 nitrogen and oxygen atoms in total. The van der Waals surface area contributed by atoms with Crippen molar-refractivity contribution in [2.24, 2.45) is 5.73 Å². The molecule has 2 aromatic rings. The lowest BCUT2D eigenvalue weighted by atomic mass is 10.1. The van der Waals surface area contributed by atoms with Crippen molar-refractivity contribution in [3.8, 4) is 0 Å². The zero-order chi connectivity index (χ0) is 17.7. The molecule has 2 rings (SSSR count). The zero-order valence-corrected chi connectivity index (χ0v) is 13.1. The average Bonchev–Trinajstić information content (AvgIpc) is 3.12. The molecule has 126 valence electrons. The van der Waals surface area contributed by atoms with Gasteiger partial charge in [0.1, 0.15) is 22.6 Å². The second-order valence-corrected chi connectivity index (χ2v) is 4.66. The number of amides is 2. The van der Waals surface area contributed by atoms with E-state index in [1.807, 2.05) is 0 Å². The number of furan rings is 2. The van der Waals surface area contributed by atoms with E-state index in [9.17, 15) is 14.4 Å². The molecule has 0 atom stereocenters. The minimum absolute atomic E-state index is 0.102. The van der Waals surface area contributed by atoms with E-state index in [1.165, 1.54) is 25.3 Å². The number of esters is 1. The minimum Gasteiger partial charge on any atom is -0.465 e. The number of nitrogens with two attached hydrogens (primary N) is 1. The van der Waals surface area contributed by atoms with Gasteiger partial charge in [0.25, 0.3) is 11.8 Å². The van der Waals surface area contributed by atoms with Crippen molar-refractivity contribution < 1.29 is 28.0 Å². The summed E-state index contributed by atoms with van der Waals surface area (Å²) in [7, 11) is 0. The first-order valence-electron chi connectivity index (χ1n) is 7.07. The minimum atomic E-state index is -0.916. The monoisotopic (exact) mass is 332 g/mol. The van der Waals surface area contributed by atoms with Crippen LogP contribution in [0.15, 0.2) is 33.3 Å². The maximum atomic E-state index is 11.9. The Hall–Kier alpha value is -3.29. The van der Waals surface area contributed by atoms with Crippen molar-refractivity contribution in [3.63, 3.8) is 0 Å². The Morgan fingerprint density at radius 1 is 1.33 bits per heavy atom. The van der Waals surface area contributed by atoms with Crippen molar-refractivity contribution in [2.45, 2.75) is 13.8 Å². The molecule has 0 aromatic carbocycles. The van der Waals surface area contributed by atoms with Crippen LogP contribution in [0.2, 0.25) is 0 Å². The summed E-state index contributed by atoms with van der Waals surface area (Å²) in [6, 6.07) is 3.33. The number of carbonyl (C=O) groups excluding carboxylic acids is 3. The Morgan fingerprint density at radius 2 is 2.08 bits per heavy atom. The molecule has 0 aliphatic rings. The first-order valence-corrected chi connectivity index (χ1v) is 7.07. The first kappa shape index (κ1) is 17.1. The highest BCUT2D eigenvalue weighted by atomic mass is 16.5. The van der Waals surface area contributed by atoms with Gasteiger partial charge in [0.2, 0.25) is 5.88 Å². The van der Waals surface area contributed by atoms with Crippen molar-refractivity contribution in [1.82, 2.24) is 0 Å². The van der Waals surface area contributed by atoms with E-state index in [-0.39, 0.29) is 29.4 Å². The third-order valence-electron chi connectivity index (χ3n) is 2.99. The van der Waals surface area contributed by atoms with Gasteiger partial charge in [-0.3, -0.25) is 14.9 Å². The number of primary amides is 1. The molecule has 0 fully saturated rings. The standard InChI is InChI=1S/C16H16N2O6/c1-3-22-16(21)12-9(2)24-15(13(12)14(17)20)18-11(19)7-6-10-5-4-8-23-10/h4-8H,3H2,1-2H3,(H2,17,20)(H,18,19)/b7-6+. The van der Waals surface area contributed by atoms with Crippen LogP contribution in [-0.4, -0.2) is 24.4 Å². The lowest BCUT2D eigenvalue weighted by Gasteiger charge is -2.03. The summed E-state index contributed by atoms with van der Waals surface area (Å²) in [4.78, 5) is 35.5. The third-order valence-corrected chi connectivity index (χ3v) is 2.99. The second kappa shape index (κ2) is 7.32. The van der Waals surface area contributed by atoms with Gasteiger partial charge in [-0.05, 0) is 32.1 Å². The number of ether oxygens (including phenoxy) is 1. The Kier molecular flexibility index (Phi) is 5.20. The summed E-state index contributed by atoms with van der Waals surface area (Å²) >= 11 is 0. The van der Waals surface area contributed by atoms with E-state index in [4.69, 9.17) is 19.3 Å². The number of hydrogen-bond donors (Lipinski definition) is 2. The Morgan fingerprint density at radius 3 is 2.67 bits per heavy atom. The van der Waals surface area contributed by atoms with E-state index in [2.05, 4.69) is 5.32 Å². The molecule has 0 aliphatic carbocycles. The van der Waals surface area contributed by atoms with Gasteiger partial charge in [0.05, 0.1) is 12.9 Å². The van der Waals surface area contributed by atoms with Crippen LogP contribution in [0.3, 0.4) is 0 Å². The molecule has 2 amide bonds. The molecule has 2 aromatic heterocycles. The predicted molar refractivity (Wildman–Crippen MR) is 84.3 cm³/mol. The fraction of sp³-hybridized carbons (Fsp3) is 0.188. The van der Waals surface area contributed by atoms with Crippen molar-refractivity contribution in [1.29, 1.82) is 0 Å². The molecule has 0 saturated heterocycles. The molecular formula is C16H16N2O6. The number of hydrogen-bond acceptors (Lipinski definition) is 6. The topological polar surface area (TPSA) is 125 Å². The van der Waals surface area contributed by atoms with Crippen molar-refractivity contribution >= 4 is 29.7 Å². The summed E-state index contributed by atoms with van der Waals surface area (Å²) in [5, 5.41) is 2.37. The Balaban J connectivity index is 2.26. The van der Waals surface area contributed by atoms with Crippen LogP contribution in [-0.2, 0) is 9.53 Å². The Labute approximate surface area is 137 Å². The van der Waals surface area contributed by atoms with E-state index in [0.717, 1.165) is 0 Å². The quantitative estimate of drug-likeness (QED) is 0.616. The molecule has 0 unspecified atom stereocenters. The first-order chi connectivity index (χ1) is 11.4. The molecule has 0 bridgehead atoms. The van der Waals surface area contributed by atoms with Gasteiger partial charge in [-0.1, -0.05) is 0 Å². The fourth-order valence-corrected chi connectivity index (χ4v) is 2.01. The lowest BCUT2D eigenvalue weighted by molar-refractivity contribution is -0.112. The van der Waals surface area contributed by atoms with Gasteiger partial charge < -0.3 is 19.3 Å². The normalized spacial score (nSPS) is 10.8. The maximum absolute atomic E-state index is 11.9. The number of nitrogens with one attached hydrogen (secondary N) is 1. The molecule has 0 saturated carbocycles. The zero-order valence-electron chi connectivity index (χ0n) is 13.1. The highest BCUT2D eigenvalue weighted by Crippen LogP contribution is 2.27. The second-order valence-electron chi connectivity index (χ2n) is 4.66. The lowest BCUT2D eigenvalue weighted by Crippen LogP contribution is -2.19. The summed E-state index contributed by atoms with van der Waals surface area (Å²) in [5.74, 6) is -1.87. The third kappa shape index (κ3) is 3.72. The summed E-state index contributed by atoms with van der Waals surface area (Å²) in [6.07, 6.45) is 4.08. The van der Waals surface area contributed by atoms with Crippen LogP contribution in [0.4, 0.5) is 5.88 Å². The maximum Gasteiger partial charge on any atom is 0.342 e. The highest BCUT2D eigenvalue weighted by Gasteiger charge is 2.28. The molecule has 0 aliphatic heterocycles. The molecule has 24 heavy (non-hydrogen) atoms. The summed E-state index contributed by atoms with van der Waals surface area (Å²) < 4.78 is 15.2. The largest absolute Gasteiger partial charge is 0.465 e. The van der Waals surface area contributed by atoms with Crippen molar-refractivity contribution in [2.75, 3.05) is 11.9 Å². The molecule has 0 radical (unpaired) electrons. The van der Waals surface area contributed by atoms with E-state index >= 15 is 0 Å². The van der Waals surface area contributed by atoms with Crippen LogP contribution in [0.5, 0.6) is 0 Å². The molecule has 2 heterocycles. The van der Waals surface area contributed by atoms with Crippen molar-refractivity contribution in [3.05, 3.63) is 47.1 Å². The highest BCUT2D eigenvalue weighted by molar-refractivity contribution is 6.12. The van der Waals surface area contributed by atoms with E-state index in [0.29, 0.717) is 5.76 Å². The van der Waals surface area contributed by atoms with Crippen LogP contribution in [0.1, 0.15) is 39.2 Å². The van der Waals surface area contributed by atoms with Crippen LogP contribution >= 0.6 is 0 Å². The SMILES string of the molecule is CCOC(=O)c1c(C)oc(NC(=O)/C=C/c2ccco2)c1C(N)=O. The van der Waals surface area contributed by atoms with Crippen LogP contribution < -0.4 is 11.1 Å². The molecule has 3 N–H and O–H groups in total. The number of aryl methyl sites for hydroxylation is 1. The van der Waals surface area contributed by atoms with Gasteiger partial charge in [-0.2, -0.15) is 0 Å². The predicted octanol–water partition coefficient (Wildman–Crippen LogP) is 2.11. The van der Waals surface area contributed by atoms with Gasteiger partial charge in [-0.15, -0.1) is 0 Å². The number of anilines is 1. The molecule has 8 heteroatoms.